The van der Waals surface area contributed by atoms with Crippen LogP contribution in [0, 0.1) is 5.92 Å². The third kappa shape index (κ3) is 12.9. The molecule has 20 heavy (non-hydrogen) atoms. The van der Waals surface area contributed by atoms with Crippen molar-refractivity contribution in [2.24, 2.45) is 5.92 Å². The number of rotatable bonds is 14. The molecule has 0 amide bonds. The van der Waals surface area contributed by atoms with E-state index in [2.05, 4.69) is 13.8 Å². The Morgan fingerprint density at radius 3 is 1.75 bits per heavy atom. The predicted molar refractivity (Wildman–Crippen MR) is 88.0 cm³/mol. The van der Waals surface area contributed by atoms with Crippen molar-refractivity contribution in [1.82, 2.24) is 0 Å². The van der Waals surface area contributed by atoms with Gasteiger partial charge >= 0.3 is 0 Å². The number of aliphatic hydroxyl groups is 2. The van der Waals surface area contributed by atoms with Crippen LogP contribution in [0.4, 0.5) is 0 Å². The van der Waals surface area contributed by atoms with E-state index in [1.54, 1.807) is 0 Å². The highest BCUT2D eigenvalue weighted by molar-refractivity contribution is 4.69. The average Bonchev–Trinajstić information content (AvgIpc) is 2.44. The lowest BCUT2D eigenvalue weighted by Crippen LogP contribution is -2.22. The first-order valence-electron chi connectivity index (χ1n) is 8.85. The maximum absolute atomic E-state index is 9.89. The maximum atomic E-state index is 9.89. The maximum Gasteiger partial charge on any atom is 0.0617 e. The van der Waals surface area contributed by atoms with Crippen molar-refractivity contribution in [3.63, 3.8) is 0 Å². The molecular formula is C18H38O2. The van der Waals surface area contributed by atoms with Crippen LogP contribution in [0.1, 0.15) is 97.8 Å². The van der Waals surface area contributed by atoms with Gasteiger partial charge in [0.25, 0.3) is 0 Å². The summed E-state index contributed by atoms with van der Waals surface area (Å²) < 4.78 is 0. The highest BCUT2D eigenvalue weighted by Gasteiger charge is 2.15. The van der Waals surface area contributed by atoms with Gasteiger partial charge in [0.1, 0.15) is 0 Å². The average molecular weight is 286 g/mol. The zero-order chi connectivity index (χ0) is 15.3. The van der Waals surface area contributed by atoms with Crippen LogP contribution in [0.25, 0.3) is 0 Å². The summed E-state index contributed by atoms with van der Waals surface area (Å²) in [5, 5.41) is 18.8. The molecule has 0 aliphatic carbocycles. The monoisotopic (exact) mass is 286 g/mol. The van der Waals surface area contributed by atoms with Gasteiger partial charge in [0.05, 0.1) is 5.60 Å². The molecule has 0 heterocycles. The number of hydrogen-bond donors (Lipinski definition) is 2. The van der Waals surface area contributed by atoms with Gasteiger partial charge < -0.3 is 10.2 Å². The summed E-state index contributed by atoms with van der Waals surface area (Å²) >= 11 is 0. The minimum atomic E-state index is -0.439. The van der Waals surface area contributed by atoms with E-state index >= 15 is 0 Å². The van der Waals surface area contributed by atoms with E-state index in [-0.39, 0.29) is 0 Å². The van der Waals surface area contributed by atoms with Crippen LogP contribution in [-0.4, -0.2) is 22.4 Å². The second-order valence-corrected chi connectivity index (χ2v) is 6.86. The fourth-order valence-corrected chi connectivity index (χ4v) is 2.50. The van der Waals surface area contributed by atoms with Crippen LogP contribution in [0.3, 0.4) is 0 Å². The van der Waals surface area contributed by atoms with E-state index in [1.165, 1.54) is 64.2 Å². The Hall–Kier alpha value is -0.0800. The zero-order valence-corrected chi connectivity index (χ0v) is 14.2. The standard InChI is InChI=1S/C18H38O2/c1-4-18(3,20)15-13-11-9-7-5-6-8-10-12-14-17(2)16-19/h17,19-20H,4-16H2,1-3H3. The minimum Gasteiger partial charge on any atom is -0.396 e. The number of hydrogen-bond acceptors (Lipinski definition) is 2. The molecule has 0 bridgehead atoms. The molecule has 2 heteroatoms. The molecular weight excluding hydrogens is 248 g/mol. The normalized spacial score (nSPS) is 16.1. The highest BCUT2D eigenvalue weighted by atomic mass is 16.3. The van der Waals surface area contributed by atoms with E-state index in [9.17, 15) is 5.11 Å². The van der Waals surface area contributed by atoms with Gasteiger partial charge in [0.15, 0.2) is 0 Å². The molecule has 0 aromatic rings. The molecule has 0 aliphatic heterocycles. The molecule has 2 atom stereocenters. The van der Waals surface area contributed by atoms with Crippen LogP contribution in [0.5, 0.6) is 0 Å². The van der Waals surface area contributed by atoms with E-state index in [4.69, 9.17) is 5.11 Å². The molecule has 0 fully saturated rings. The van der Waals surface area contributed by atoms with Crippen LogP contribution in [-0.2, 0) is 0 Å². The van der Waals surface area contributed by atoms with Crippen molar-refractivity contribution in [1.29, 1.82) is 0 Å². The molecule has 0 spiro atoms. The summed E-state index contributed by atoms with van der Waals surface area (Å²) in [6, 6.07) is 0. The van der Waals surface area contributed by atoms with Crippen molar-refractivity contribution in [2.75, 3.05) is 6.61 Å². The quantitative estimate of drug-likeness (QED) is 0.438. The van der Waals surface area contributed by atoms with Crippen molar-refractivity contribution >= 4 is 0 Å². The Morgan fingerprint density at radius 2 is 1.30 bits per heavy atom. The minimum absolute atomic E-state index is 0.338. The van der Waals surface area contributed by atoms with Crippen molar-refractivity contribution < 1.29 is 10.2 Å². The third-order valence-corrected chi connectivity index (χ3v) is 4.49. The topological polar surface area (TPSA) is 40.5 Å². The number of unbranched alkanes of at least 4 members (excludes halogenated alkanes) is 8. The Morgan fingerprint density at radius 1 is 0.850 bits per heavy atom. The molecule has 0 saturated heterocycles. The first kappa shape index (κ1) is 19.9. The van der Waals surface area contributed by atoms with Gasteiger partial charge in [0, 0.05) is 6.61 Å². The van der Waals surface area contributed by atoms with E-state index in [0.717, 1.165) is 12.8 Å². The van der Waals surface area contributed by atoms with Gasteiger partial charge in [-0.05, 0) is 32.1 Å². The lowest BCUT2D eigenvalue weighted by atomic mass is 9.95. The van der Waals surface area contributed by atoms with Gasteiger partial charge in [-0.3, -0.25) is 0 Å². The molecule has 0 rings (SSSR count). The zero-order valence-electron chi connectivity index (χ0n) is 14.2. The van der Waals surface area contributed by atoms with Crippen LogP contribution < -0.4 is 0 Å². The molecule has 0 aromatic heterocycles. The van der Waals surface area contributed by atoms with Crippen LogP contribution in [0.15, 0.2) is 0 Å². The smallest absolute Gasteiger partial charge is 0.0617 e. The molecule has 0 aliphatic rings. The van der Waals surface area contributed by atoms with Crippen LogP contribution in [0.2, 0.25) is 0 Å². The summed E-state index contributed by atoms with van der Waals surface area (Å²) in [5.41, 5.74) is -0.439. The van der Waals surface area contributed by atoms with Gasteiger partial charge in [-0.15, -0.1) is 0 Å². The number of aliphatic hydroxyl groups excluding tert-OH is 1. The van der Waals surface area contributed by atoms with E-state index in [0.29, 0.717) is 12.5 Å². The van der Waals surface area contributed by atoms with Crippen LogP contribution >= 0.6 is 0 Å². The first-order chi connectivity index (χ1) is 9.52. The summed E-state index contributed by atoms with van der Waals surface area (Å²) in [6.07, 6.45) is 14.8. The molecule has 2 unspecified atom stereocenters. The predicted octanol–water partition coefficient (Wildman–Crippen LogP) is 5.07. The Balaban J connectivity index is 3.14. The van der Waals surface area contributed by atoms with Gasteiger partial charge in [-0.25, -0.2) is 0 Å². The Labute approximate surface area is 127 Å². The van der Waals surface area contributed by atoms with Crippen molar-refractivity contribution in [2.45, 2.75) is 103 Å². The fraction of sp³-hybridized carbons (Fsp3) is 1.00. The molecule has 2 N–H and O–H groups in total. The summed E-state index contributed by atoms with van der Waals surface area (Å²) in [6.45, 7) is 6.47. The van der Waals surface area contributed by atoms with Crippen molar-refractivity contribution in [3.05, 3.63) is 0 Å². The molecule has 2 nitrogen and oxygen atoms in total. The summed E-state index contributed by atoms with van der Waals surface area (Å²) in [5.74, 6) is 0.482. The summed E-state index contributed by atoms with van der Waals surface area (Å²) in [4.78, 5) is 0. The lowest BCUT2D eigenvalue weighted by Gasteiger charge is -2.20. The van der Waals surface area contributed by atoms with Gasteiger partial charge in [0.2, 0.25) is 0 Å². The van der Waals surface area contributed by atoms with Gasteiger partial charge in [-0.2, -0.15) is 0 Å². The Bertz CT molecular complexity index is 202. The molecule has 122 valence electrons. The van der Waals surface area contributed by atoms with E-state index in [1.807, 2.05) is 6.92 Å². The molecule has 0 aromatic carbocycles. The van der Waals surface area contributed by atoms with Gasteiger partial charge in [-0.1, -0.05) is 71.6 Å². The van der Waals surface area contributed by atoms with E-state index < -0.39 is 5.60 Å². The first-order valence-corrected chi connectivity index (χ1v) is 8.85. The molecule has 0 saturated carbocycles. The second kappa shape index (κ2) is 12.6. The SMILES string of the molecule is CCC(C)(O)CCCCCCCCCCCC(C)CO. The lowest BCUT2D eigenvalue weighted by molar-refractivity contribution is 0.0442. The third-order valence-electron chi connectivity index (χ3n) is 4.49. The second-order valence-electron chi connectivity index (χ2n) is 6.86. The summed E-state index contributed by atoms with van der Waals surface area (Å²) in [7, 11) is 0. The fourth-order valence-electron chi connectivity index (χ4n) is 2.50. The van der Waals surface area contributed by atoms with Crippen molar-refractivity contribution in [3.8, 4) is 0 Å². The largest absolute Gasteiger partial charge is 0.396 e. The highest BCUT2D eigenvalue weighted by Crippen LogP contribution is 2.19. The molecule has 0 radical (unpaired) electrons. The Kier molecular flexibility index (Phi) is 12.6.